The first-order valence-electron chi connectivity index (χ1n) is 10.0. The number of amidine groups is 1. The molecule has 0 aromatic heterocycles. The Morgan fingerprint density at radius 1 is 1.03 bits per heavy atom. The fourth-order valence-electron chi connectivity index (χ4n) is 2.25. The molecule has 0 aromatic rings. The van der Waals surface area contributed by atoms with Crippen LogP contribution in [0.15, 0.2) is 28.9 Å². The standard InChI is InChI=1S/C20H37N7O3/c1-6-10-24-19(22-2)16(14-21)20(30)25-12-8-11-23-17(28)15-27(5)18(29)9-7-13-26(3)4/h7,9,14H,6,8,10-13,15,21H2,1-5H3,(H,22,24)(H,23,28)(H,25,30)/b9-7+,16-14+. The summed E-state index contributed by atoms with van der Waals surface area (Å²) in [5, 5.41) is 8.54. The average molecular weight is 424 g/mol. The minimum absolute atomic E-state index is 0.0308. The highest BCUT2D eigenvalue weighted by Gasteiger charge is 2.14. The Labute approximate surface area is 179 Å². The summed E-state index contributed by atoms with van der Waals surface area (Å²) in [6, 6.07) is 0. The highest BCUT2D eigenvalue weighted by Crippen LogP contribution is 1.96. The van der Waals surface area contributed by atoms with Crippen molar-refractivity contribution in [3.8, 4) is 0 Å². The van der Waals surface area contributed by atoms with Crippen molar-refractivity contribution in [1.82, 2.24) is 25.8 Å². The van der Waals surface area contributed by atoms with Gasteiger partial charge in [0, 0.05) is 52.6 Å². The quantitative estimate of drug-likeness (QED) is 0.131. The van der Waals surface area contributed by atoms with E-state index in [0.29, 0.717) is 38.4 Å². The van der Waals surface area contributed by atoms with Gasteiger partial charge in [0.15, 0.2) is 0 Å². The second kappa shape index (κ2) is 16.0. The number of likely N-dealkylation sites (N-methyl/N-ethyl adjacent to an activating group) is 2. The van der Waals surface area contributed by atoms with Crippen LogP contribution in [0.4, 0.5) is 0 Å². The number of carbonyl (C=O) groups is 3. The zero-order valence-corrected chi connectivity index (χ0v) is 18.8. The summed E-state index contributed by atoms with van der Waals surface area (Å²) in [6.45, 7) is 4.06. The van der Waals surface area contributed by atoms with Crippen LogP contribution in [-0.4, -0.2) is 94.3 Å². The highest BCUT2D eigenvalue weighted by molar-refractivity contribution is 6.20. The number of aliphatic imine (C=N–C) groups is 1. The second-order valence-electron chi connectivity index (χ2n) is 6.90. The molecule has 0 spiro atoms. The third-order valence-corrected chi connectivity index (χ3v) is 3.88. The molecule has 0 aliphatic rings. The molecule has 5 N–H and O–H groups in total. The maximum Gasteiger partial charge on any atom is 0.256 e. The molecular weight excluding hydrogens is 386 g/mol. The van der Waals surface area contributed by atoms with Crippen LogP contribution in [0.25, 0.3) is 0 Å². The lowest BCUT2D eigenvalue weighted by atomic mass is 10.2. The van der Waals surface area contributed by atoms with E-state index in [4.69, 9.17) is 5.73 Å². The lowest BCUT2D eigenvalue weighted by Gasteiger charge is -2.15. The van der Waals surface area contributed by atoms with E-state index in [1.807, 2.05) is 25.9 Å². The molecular formula is C20H37N7O3. The van der Waals surface area contributed by atoms with E-state index < -0.39 is 0 Å². The molecule has 0 aliphatic carbocycles. The molecule has 10 heteroatoms. The summed E-state index contributed by atoms with van der Waals surface area (Å²) in [6.07, 6.45) is 5.86. The van der Waals surface area contributed by atoms with Crippen molar-refractivity contribution in [3.63, 3.8) is 0 Å². The van der Waals surface area contributed by atoms with Gasteiger partial charge in [-0.3, -0.25) is 19.4 Å². The van der Waals surface area contributed by atoms with E-state index in [0.717, 1.165) is 6.42 Å². The average Bonchev–Trinajstić information content (AvgIpc) is 2.70. The van der Waals surface area contributed by atoms with Crippen LogP contribution in [0.5, 0.6) is 0 Å². The predicted molar refractivity (Wildman–Crippen MR) is 120 cm³/mol. The number of nitrogens with one attached hydrogen (secondary N) is 3. The SMILES string of the molecule is CCCNC(=NC)/C(=C\N)C(=O)NCCCNC(=O)CN(C)C(=O)/C=C/CN(C)C. The van der Waals surface area contributed by atoms with Crippen LogP contribution < -0.4 is 21.7 Å². The minimum atomic E-state index is -0.331. The first-order chi connectivity index (χ1) is 14.3. The number of nitrogens with two attached hydrogens (primary N) is 1. The molecule has 0 saturated carbocycles. The third-order valence-electron chi connectivity index (χ3n) is 3.88. The van der Waals surface area contributed by atoms with Gasteiger partial charge in [-0.15, -0.1) is 0 Å². The fraction of sp³-hybridized carbons (Fsp3) is 0.600. The van der Waals surface area contributed by atoms with Crippen LogP contribution in [0.1, 0.15) is 19.8 Å². The smallest absolute Gasteiger partial charge is 0.256 e. The Hall–Kier alpha value is -2.88. The van der Waals surface area contributed by atoms with Crippen molar-refractivity contribution in [1.29, 1.82) is 0 Å². The normalized spacial score (nSPS) is 12.2. The molecule has 0 aromatic carbocycles. The van der Waals surface area contributed by atoms with Crippen LogP contribution in [-0.2, 0) is 14.4 Å². The van der Waals surface area contributed by atoms with Gasteiger partial charge in [-0.25, -0.2) is 0 Å². The van der Waals surface area contributed by atoms with Crippen LogP contribution in [0.2, 0.25) is 0 Å². The highest BCUT2D eigenvalue weighted by atomic mass is 16.2. The monoisotopic (exact) mass is 423 g/mol. The van der Waals surface area contributed by atoms with Crippen LogP contribution in [0.3, 0.4) is 0 Å². The molecule has 170 valence electrons. The van der Waals surface area contributed by atoms with Crippen molar-refractivity contribution in [3.05, 3.63) is 23.9 Å². The number of nitrogens with zero attached hydrogens (tertiary/aromatic N) is 3. The van der Waals surface area contributed by atoms with Crippen molar-refractivity contribution in [2.45, 2.75) is 19.8 Å². The predicted octanol–water partition coefficient (Wildman–Crippen LogP) is -0.944. The largest absolute Gasteiger partial charge is 0.404 e. The Kier molecular flexibility index (Phi) is 14.4. The summed E-state index contributed by atoms with van der Waals surface area (Å²) >= 11 is 0. The molecule has 0 bridgehead atoms. The van der Waals surface area contributed by atoms with Gasteiger partial charge in [0.25, 0.3) is 5.91 Å². The fourth-order valence-corrected chi connectivity index (χ4v) is 2.25. The number of amides is 3. The first kappa shape index (κ1) is 27.1. The zero-order chi connectivity index (χ0) is 22.9. The maximum atomic E-state index is 12.3. The van der Waals surface area contributed by atoms with Crippen molar-refractivity contribution < 1.29 is 14.4 Å². The molecule has 0 aliphatic heterocycles. The zero-order valence-electron chi connectivity index (χ0n) is 18.8. The maximum absolute atomic E-state index is 12.3. The molecule has 0 saturated heterocycles. The van der Waals surface area contributed by atoms with Gasteiger partial charge in [-0.1, -0.05) is 13.0 Å². The topological polar surface area (TPSA) is 132 Å². The molecule has 30 heavy (non-hydrogen) atoms. The molecule has 3 amide bonds. The van der Waals surface area contributed by atoms with Crippen molar-refractivity contribution in [2.24, 2.45) is 10.7 Å². The first-order valence-corrected chi connectivity index (χ1v) is 10.0. The minimum Gasteiger partial charge on any atom is -0.404 e. The van der Waals surface area contributed by atoms with E-state index >= 15 is 0 Å². The number of hydrogen-bond acceptors (Lipinski definition) is 6. The molecule has 0 atom stereocenters. The lowest BCUT2D eigenvalue weighted by molar-refractivity contribution is -0.131. The number of rotatable bonds is 13. The number of carbonyl (C=O) groups excluding carboxylic acids is 3. The van der Waals surface area contributed by atoms with E-state index in [-0.39, 0.29) is 29.8 Å². The Balaban J connectivity index is 4.22. The lowest BCUT2D eigenvalue weighted by Crippen LogP contribution is -2.39. The van der Waals surface area contributed by atoms with Gasteiger partial charge in [0.05, 0.1) is 12.1 Å². The van der Waals surface area contributed by atoms with Gasteiger partial charge in [-0.05, 0) is 26.9 Å². The van der Waals surface area contributed by atoms with E-state index in [9.17, 15) is 14.4 Å². The summed E-state index contributed by atoms with van der Waals surface area (Å²) < 4.78 is 0. The van der Waals surface area contributed by atoms with Gasteiger partial charge in [-0.2, -0.15) is 0 Å². The van der Waals surface area contributed by atoms with Crippen LogP contribution >= 0.6 is 0 Å². The molecule has 0 unspecified atom stereocenters. The summed E-state index contributed by atoms with van der Waals surface area (Å²) in [5.41, 5.74) is 5.84. The molecule has 10 nitrogen and oxygen atoms in total. The van der Waals surface area contributed by atoms with Crippen molar-refractivity contribution >= 4 is 23.6 Å². The Morgan fingerprint density at radius 3 is 2.27 bits per heavy atom. The van der Waals surface area contributed by atoms with E-state index in [2.05, 4.69) is 20.9 Å². The van der Waals surface area contributed by atoms with Gasteiger partial charge in [0.1, 0.15) is 5.84 Å². The molecule has 0 rings (SSSR count). The van der Waals surface area contributed by atoms with Gasteiger partial charge < -0.3 is 31.5 Å². The van der Waals surface area contributed by atoms with Gasteiger partial charge >= 0.3 is 0 Å². The third kappa shape index (κ3) is 11.8. The summed E-state index contributed by atoms with van der Waals surface area (Å²) in [5.74, 6) is -0.379. The Bertz CT molecular complexity index is 642. The summed E-state index contributed by atoms with van der Waals surface area (Å²) in [4.78, 5) is 43.4. The van der Waals surface area contributed by atoms with Crippen molar-refractivity contribution in [2.75, 3.05) is 60.9 Å². The van der Waals surface area contributed by atoms with Gasteiger partial charge in [0.2, 0.25) is 11.8 Å². The number of hydrogen-bond donors (Lipinski definition) is 4. The van der Waals surface area contributed by atoms with E-state index in [1.54, 1.807) is 20.2 Å². The molecule has 0 heterocycles. The molecule has 0 radical (unpaired) electrons. The van der Waals surface area contributed by atoms with Crippen LogP contribution in [0, 0.1) is 0 Å². The Morgan fingerprint density at radius 2 is 1.70 bits per heavy atom. The second-order valence-corrected chi connectivity index (χ2v) is 6.90. The summed E-state index contributed by atoms with van der Waals surface area (Å²) in [7, 11) is 6.97. The van der Waals surface area contributed by atoms with E-state index in [1.165, 1.54) is 17.2 Å². The molecule has 0 fully saturated rings.